The van der Waals surface area contributed by atoms with Crippen molar-refractivity contribution in [2.45, 2.75) is 37.8 Å². The number of rotatable bonds is 6. The molecule has 3 aromatic heterocycles. The van der Waals surface area contributed by atoms with Crippen molar-refractivity contribution in [3.05, 3.63) is 36.2 Å². The van der Waals surface area contributed by atoms with E-state index in [0.717, 1.165) is 19.3 Å². The molecule has 4 rings (SSSR count). The van der Waals surface area contributed by atoms with Gasteiger partial charge in [-0.05, 0) is 37.8 Å². The van der Waals surface area contributed by atoms with Gasteiger partial charge in [-0.25, -0.2) is 9.97 Å². The maximum Gasteiger partial charge on any atom is 0.256 e. The Balaban J connectivity index is 1.64. The highest BCUT2D eigenvalue weighted by Crippen LogP contribution is 2.26. The second-order valence-corrected chi connectivity index (χ2v) is 7.14. The molecule has 0 aromatic carbocycles. The van der Waals surface area contributed by atoms with Crippen LogP contribution >= 0.6 is 0 Å². The summed E-state index contributed by atoms with van der Waals surface area (Å²) >= 11 is 0. The minimum atomic E-state index is -2.66. The molecule has 0 radical (unpaired) electrons. The molecule has 1 aliphatic carbocycles. The van der Waals surface area contributed by atoms with E-state index in [1.165, 1.54) is 16.9 Å². The van der Waals surface area contributed by atoms with E-state index < -0.39 is 13.1 Å². The van der Waals surface area contributed by atoms with Gasteiger partial charge in [0, 0.05) is 25.4 Å². The number of ether oxygens (including phenoxy) is 1. The fourth-order valence-electron chi connectivity index (χ4n) is 3.63. The number of pyridine rings is 1. The van der Waals surface area contributed by atoms with Gasteiger partial charge >= 0.3 is 0 Å². The number of aliphatic hydroxyl groups is 1. The number of nitrogens with zero attached hydrogens (tertiary/aromatic N) is 4. The van der Waals surface area contributed by atoms with Crippen LogP contribution < -0.4 is 20.7 Å². The van der Waals surface area contributed by atoms with Crippen LogP contribution in [0.25, 0.3) is 5.65 Å². The minimum Gasteiger partial charge on any atom is -0.480 e. The Morgan fingerprint density at radius 1 is 1.43 bits per heavy atom. The lowest BCUT2D eigenvalue weighted by Gasteiger charge is -2.26. The Labute approximate surface area is 177 Å². The third kappa shape index (κ3) is 3.99. The number of nitrogens with one attached hydrogen (secondary N) is 3. The second-order valence-electron chi connectivity index (χ2n) is 7.14. The summed E-state index contributed by atoms with van der Waals surface area (Å²) in [5.74, 6) is 0.450. The first-order chi connectivity index (χ1) is 15.7. The van der Waals surface area contributed by atoms with Crippen LogP contribution in [0.3, 0.4) is 0 Å². The standard InChI is InChI=1S/C20H25N7O3/c1-21-17-10-16(25-15-7-4-8-22-20(15)30-2)26-18-14(11-23-27(17)18)19(29)24-12-5-3-6-13(28)9-12/h4,7-8,10-13,21,28H,3,5-6,9H2,1-2H3,(H,24,29)(H,25,26)/t12-,13-/m1/s1/i2D3. The molecule has 0 saturated heterocycles. The van der Waals surface area contributed by atoms with Crippen LogP contribution in [0.15, 0.2) is 30.6 Å². The lowest BCUT2D eigenvalue weighted by atomic mass is 9.93. The quantitative estimate of drug-likeness (QED) is 0.482. The van der Waals surface area contributed by atoms with E-state index in [9.17, 15) is 9.90 Å². The summed E-state index contributed by atoms with van der Waals surface area (Å²) in [6, 6.07) is 4.78. The van der Waals surface area contributed by atoms with E-state index >= 15 is 0 Å². The average molecular weight is 414 g/mol. The van der Waals surface area contributed by atoms with Crippen LogP contribution in [0.4, 0.5) is 17.3 Å². The van der Waals surface area contributed by atoms with Crippen LogP contribution in [-0.2, 0) is 0 Å². The van der Waals surface area contributed by atoms with E-state index in [4.69, 9.17) is 8.85 Å². The Hall–Kier alpha value is -3.40. The van der Waals surface area contributed by atoms with Crippen LogP contribution in [0, 0.1) is 0 Å². The molecule has 1 fully saturated rings. The molecule has 0 spiro atoms. The van der Waals surface area contributed by atoms with Gasteiger partial charge in [0.2, 0.25) is 5.88 Å². The number of methoxy groups -OCH3 is 1. The van der Waals surface area contributed by atoms with Crippen LogP contribution in [0.1, 0.15) is 40.2 Å². The van der Waals surface area contributed by atoms with Crippen molar-refractivity contribution in [3.63, 3.8) is 0 Å². The first-order valence-corrected chi connectivity index (χ1v) is 9.70. The minimum absolute atomic E-state index is 0.104. The fourth-order valence-corrected chi connectivity index (χ4v) is 3.63. The van der Waals surface area contributed by atoms with Crippen LogP contribution in [0.5, 0.6) is 5.88 Å². The SMILES string of the molecule is [2H]C([2H])([2H])Oc1ncccc1Nc1cc(NC)n2ncc(C(=O)N[C@@H]3CCC[C@@H](O)C3)c2n1. The predicted molar refractivity (Wildman–Crippen MR) is 112 cm³/mol. The second kappa shape index (κ2) is 8.54. The third-order valence-corrected chi connectivity index (χ3v) is 5.08. The Morgan fingerprint density at radius 3 is 3.13 bits per heavy atom. The van der Waals surface area contributed by atoms with E-state index in [-0.39, 0.29) is 23.4 Å². The number of hydrogen-bond acceptors (Lipinski definition) is 8. The molecular formula is C20H25N7O3. The number of anilines is 3. The highest BCUT2D eigenvalue weighted by molar-refractivity contribution is 6.00. The Morgan fingerprint density at radius 2 is 2.33 bits per heavy atom. The Kier molecular flexibility index (Phi) is 4.67. The lowest BCUT2D eigenvalue weighted by molar-refractivity contribution is 0.0851. The van der Waals surface area contributed by atoms with Gasteiger partial charge in [-0.2, -0.15) is 9.61 Å². The largest absolute Gasteiger partial charge is 0.480 e. The van der Waals surface area contributed by atoms with E-state index in [1.807, 2.05) is 0 Å². The van der Waals surface area contributed by atoms with Gasteiger partial charge in [-0.3, -0.25) is 4.79 Å². The average Bonchev–Trinajstić information content (AvgIpc) is 3.18. The van der Waals surface area contributed by atoms with Gasteiger partial charge in [0.1, 0.15) is 22.9 Å². The number of amides is 1. The molecule has 0 bridgehead atoms. The summed E-state index contributed by atoms with van der Waals surface area (Å²) in [6.45, 7) is 0. The normalized spacial score (nSPS) is 20.7. The van der Waals surface area contributed by atoms with Crippen molar-refractivity contribution in [2.24, 2.45) is 0 Å². The van der Waals surface area contributed by atoms with Gasteiger partial charge < -0.3 is 25.8 Å². The topological polar surface area (TPSA) is 126 Å². The molecule has 4 N–H and O–H groups in total. The van der Waals surface area contributed by atoms with Crippen LogP contribution in [-0.4, -0.2) is 56.8 Å². The molecule has 2 atom stereocenters. The van der Waals surface area contributed by atoms with Gasteiger partial charge in [-0.1, -0.05) is 0 Å². The monoisotopic (exact) mass is 414 g/mol. The van der Waals surface area contributed by atoms with Crippen molar-refractivity contribution in [2.75, 3.05) is 24.7 Å². The first kappa shape index (κ1) is 16.4. The number of carbonyl (C=O) groups excluding carboxylic acids is 1. The van der Waals surface area contributed by atoms with E-state index in [0.29, 0.717) is 29.4 Å². The van der Waals surface area contributed by atoms with Crippen molar-refractivity contribution in [1.29, 1.82) is 0 Å². The molecule has 10 heteroatoms. The Bertz CT molecular complexity index is 1150. The summed E-state index contributed by atoms with van der Waals surface area (Å²) in [5, 5.41) is 23.1. The van der Waals surface area contributed by atoms with Crippen molar-refractivity contribution < 1.29 is 18.8 Å². The molecule has 1 aliphatic rings. The number of fused-ring (bicyclic) bond motifs is 1. The number of carbonyl (C=O) groups is 1. The highest BCUT2D eigenvalue weighted by Gasteiger charge is 2.24. The molecular weight excluding hydrogens is 386 g/mol. The maximum atomic E-state index is 13.0. The summed E-state index contributed by atoms with van der Waals surface area (Å²) in [6.07, 6.45) is 5.36. The summed E-state index contributed by atoms with van der Waals surface area (Å²) < 4.78 is 28.5. The van der Waals surface area contributed by atoms with Gasteiger partial charge in [0.15, 0.2) is 5.65 Å². The fraction of sp³-hybridized carbons (Fsp3) is 0.400. The molecule has 3 heterocycles. The highest BCUT2D eigenvalue weighted by atomic mass is 16.5. The summed E-state index contributed by atoms with van der Waals surface area (Å²) in [4.78, 5) is 21.5. The maximum absolute atomic E-state index is 13.0. The number of aromatic nitrogens is 4. The van der Waals surface area contributed by atoms with E-state index in [1.54, 1.807) is 25.2 Å². The third-order valence-electron chi connectivity index (χ3n) is 5.08. The van der Waals surface area contributed by atoms with Crippen molar-refractivity contribution in [3.8, 4) is 5.88 Å². The zero-order valence-electron chi connectivity index (χ0n) is 19.4. The summed E-state index contributed by atoms with van der Waals surface area (Å²) in [5.41, 5.74) is 0.884. The number of aliphatic hydroxyl groups excluding tert-OH is 1. The zero-order valence-corrected chi connectivity index (χ0v) is 16.4. The number of hydrogen-bond donors (Lipinski definition) is 4. The summed E-state index contributed by atoms with van der Waals surface area (Å²) in [7, 11) is -0.960. The molecule has 1 amide bonds. The van der Waals surface area contributed by atoms with E-state index in [2.05, 4.69) is 31.0 Å². The molecule has 3 aromatic rings. The predicted octanol–water partition coefficient (Wildman–Crippen LogP) is 1.95. The molecule has 10 nitrogen and oxygen atoms in total. The van der Waals surface area contributed by atoms with Crippen LogP contribution in [0.2, 0.25) is 0 Å². The first-order valence-electron chi connectivity index (χ1n) is 11.2. The van der Waals surface area contributed by atoms with Gasteiger partial charge in [0.05, 0.1) is 23.5 Å². The lowest BCUT2D eigenvalue weighted by Crippen LogP contribution is -2.39. The molecule has 0 aliphatic heterocycles. The van der Waals surface area contributed by atoms with Crippen molar-refractivity contribution in [1.82, 2.24) is 24.9 Å². The van der Waals surface area contributed by atoms with Gasteiger partial charge in [0.25, 0.3) is 5.91 Å². The molecule has 1 saturated carbocycles. The van der Waals surface area contributed by atoms with Gasteiger partial charge in [-0.15, -0.1) is 0 Å². The molecule has 30 heavy (non-hydrogen) atoms. The molecule has 0 unspecified atom stereocenters. The smallest absolute Gasteiger partial charge is 0.256 e. The zero-order chi connectivity index (χ0) is 23.6. The van der Waals surface area contributed by atoms with Crippen molar-refractivity contribution >= 4 is 28.9 Å². The molecule has 158 valence electrons.